The maximum Gasteiger partial charge on any atom is 0.242 e. The van der Waals surface area contributed by atoms with Crippen LogP contribution in [-0.4, -0.2) is 31.3 Å². The summed E-state index contributed by atoms with van der Waals surface area (Å²) >= 11 is 0. The van der Waals surface area contributed by atoms with Crippen LogP contribution in [0.1, 0.15) is 22.3 Å². The molecular weight excluding hydrogens is 292 g/mol. The third kappa shape index (κ3) is 2.08. The van der Waals surface area contributed by atoms with E-state index in [0.29, 0.717) is 0 Å². The molecule has 0 amide bonds. The molecule has 2 aromatic rings. The maximum absolute atomic E-state index is 12.2. The van der Waals surface area contributed by atoms with Crippen molar-refractivity contribution in [3.8, 4) is 28.7 Å². The SMILES string of the molecule is O=C1C[C@](O)(c2ccc(O)c(O)c2)Oc2cc(O)cc(O)c21. The first kappa shape index (κ1) is 14.0. The van der Waals surface area contributed by atoms with Crippen molar-refractivity contribution in [2.75, 3.05) is 0 Å². The summed E-state index contributed by atoms with van der Waals surface area (Å²) in [7, 11) is 0. The lowest BCUT2D eigenvalue weighted by atomic mass is 9.92. The van der Waals surface area contributed by atoms with E-state index < -0.39 is 29.5 Å². The summed E-state index contributed by atoms with van der Waals surface area (Å²) in [5, 5.41) is 48.6. The Hall–Kier alpha value is -2.93. The molecule has 1 aliphatic rings. The van der Waals surface area contributed by atoms with Gasteiger partial charge in [-0.05, 0) is 18.2 Å². The second-order valence-electron chi connectivity index (χ2n) is 5.03. The van der Waals surface area contributed by atoms with E-state index >= 15 is 0 Å². The predicted octanol–water partition coefficient (Wildman–Crippen LogP) is 1.32. The Morgan fingerprint density at radius 3 is 2.36 bits per heavy atom. The van der Waals surface area contributed by atoms with Crippen LogP contribution in [0.5, 0.6) is 28.7 Å². The normalized spacial score (nSPS) is 20.3. The Balaban J connectivity index is 2.10. The van der Waals surface area contributed by atoms with Gasteiger partial charge in [-0.2, -0.15) is 0 Å². The standard InChI is InChI=1S/C15H12O7/c16-8-4-11(19)14-12(20)6-15(21,22-13(14)5-8)7-1-2-9(17)10(18)3-7/h1-5,16-19,21H,6H2/t15-/m1/s1. The van der Waals surface area contributed by atoms with E-state index in [0.717, 1.165) is 24.3 Å². The Bertz CT molecular complexity index is 784. The largest absolute Gasteiger partial charge is 0.508 e. The van der Waals surface area contributed by atoms with Gasteiger partial charge in [0.05, 0.1) is 6.42 Å². The van der Waals surface area contributed by atoms with Gasteiger partial charge in [0, 0.05) is 17.7 Å². The lowest BCUT2D eigenvalue weighted by Crippen LogP contribution is -2.39. The summed E-state index contributed by atoms with van der Waals surface area (Å²) in [5.74, 6) is -4.50. The van der Waals surface area contributed by atoms with E-state index in [1.807, 2.05) is 0 Å². The average Bonchev–Trinajstić information content (AvgIpc) is 2.40. The number of aromatic hydroxyl groups is 4. The van der Waals surface area contributed by atoms with E-state index in [4.69, 9.17) is 4.74 Å². The third-order valence-electron chi connectivity index (χ3n) is 3.45. The van der Waals surface area contributed by atoms with E-state index in [2.05, 4.69) is 0 Å². The zero-order valence-corrected chi connectivity index (χ0v) is 11.1. The topological polar surface area (TPSA) is 127 Å². The fourth-order valence-corrected chi connectivity index (χ4v) is 2.40. The Morgan fingerprint density at radius 1 is 0.955 bits per heavy atom. The molecule has 3 rings (SSSR count). The maximum atomic E-state index is 12.2. The molecule has 0 saturated heterocycles. The van der Waals surface area contributed by atoms with Crippen LogP contribution in [0.2, 0.25) is 0 Å². The number of carbonyl (C=O) groups excluding carboxylic acids is 1. The minimum Gasteiger partial charge on any atom is -0.508 e. The average molecular weight is 304 g/mol. The molecule has 0 fully saturated rings. The van der Waals surface area contributed by atoms with Crippen LogP contribution in [0, 0.1) is 0 Å². The number of hydrogen-bond donors (Lipinski definition) is 5. The molecule has 0 unspecified atom stereocenters. The first-order valence-electron chi connectivity index (χ1n) is 6.33. The lowest BCUT2D eigenvalue weighted by Gasteiger charge is -2.33. The van der Waals surface area contributed by atoms with Crippen LogP contribution < -0.4 is 4.74 Å². The second kappa shape index (κ2) is 4.54. The summed E-state index contributed by atoms with van der Waals surface area (Å²) in [6, 6.07) is 5.59. The number of ketones is 1. The number of rotatable bonds is 1. The number of fused-ring (bicyclic) bond motifs is 1. The number of ether oxygens (including phenoxy) is 1. The van der Waals surface area contributed by atoms with Gasteiger partial charge in [0.1, 0.15) is 22.8 Å². The highest BCUT2D eigenvalue weighted by Gasteiger charge is 2.42. The smallest absolute Gasteiger partial charge is 0.242 e. The first-order chi connectivity index (χ1) is 10.3. The zero-order chi connectivity index (χ0) is 16.1. The van der Waals surface area contributed by atoms with E-state index in [1.54, 1.807) is 0 Å². The highest BCUT2D eigenvalue weighted by molar-refractivity contribution is 6.03. The molecule has 0 spiro atoms. The molecule has 1 aliphatic heterocycles. The molecule has 0 aromatic heterocycles. The Kier molecular flexibility index (Phi) is 2.89. The molecule has 7 nitrogen and oxygen atoms in total. The Morgan fingerprint density at radius 2 is 1.68 bits per heavy atom. The monoisotopic (exact) mass is 304 g/mol. The minimum atomic E-state index is -2.09. The fraction of sp³-hybridized carbons (Fsp3) is 0.133. The number of aliphatic hydroxyl groups is 1. The highest BCUT2D eigenvalue weighted by atomic mass is 16.6. The highest BCUT2D eigenvalue weighted by Crippen LogP contribution is 2.44. The van der Waals surface area contributed by atoms with Crippen molar-refractivity contribution < 1.29 is 35.1 Å². The van der Waals surface area contributed by atoms with Crippen molar-refractivity contribution in [3.05, 3.63) is 41.5 Å². The number of carbonyl (C=O) groups is 1. The van der Waals surface area contributed by atoms with Gasteiger partial charge in [0.2, 0.25) is 5.79 Å². The summed E-state index contributed by atoms with van der Waals surface area (Å²) < 4.78 is 5.35. The van der Waals surface area contributed by atoms with Crippen LogP contribution in [-0.2, 0) is 5.79 Å². The summed E-state index contributed by atoms with van der Waals surface area (Å²) in [5.41, 5.74) is -0.0879. The van der Waals surface area contributed by atoms with Crippen molar-refractivity contribution in [1.82, 2.24) is 0 Å². The zero-order valence-electron chi connectivity index (χ0n) is 11.1. The molecular formula is C15H12O7. The van der Waals surface area contributed by atoms with Gasteiger partial charge in [0.25, 0.3) is 0 Å². The molecule has 0 bridgehead atoms. The van der Waals surface area contributed by atoms with Crippen molar-refractivity contribution in [1.29, 1.82) is 0 Å². The van der Waals surface area contributed by atoms with Gasteiger partial charge in [-0.1, -0.05) is 0 Å². The molecule has 7 heteroatoms. The van der Waals surface area contributed by atoms with Crippen LogP contribution in [0.25, 0.3) is 0 Å². The van der Waals surface area contributed by atoms with Crippen LogP contribution in [0.4, 0.5) is 0 Å². The first-order valence-corrected chi connectivity index (χ1v) is 6.33. The number of phenolic OH excluding ortho intramolecular Hbond substituents is 4. The molecule has 1 heterocycles. The van der Waals surface area contributed by atoms with Crippen molar-refractivity contribution in [2.24, 2.45) is 0 Å². The second-order valence-corrected chi connectivity index (χ2v) is 5.03. The van der Waals surface area contributed by atoms with Gasteiger partial charge < -0.3 is 30.3 Å². The van der Waals surface area contributed by atoms with Gasteiger partial charge >= 0.3 is 0 Å². The quantitative estimate of drug-likeness (QED) is 0.503. The van der Waals surface area contributed by atoms with E-state index in [-0.39, 0.29) is 28.4 Å². The summed E-state index contributed by atoms with van der Waals surface area (Å²) in [4.78, 5) is 12.2. The summed E-state index contributed by atoms with van der Waals surface area (Å²) in [6.45, 7) is 0. The third-order valence-corrected chi connectivity index (χ3v) is 3.45. The molecule has 22 heavy (non-hydrogen) atoms. The molecule has 0 radical (unpaired) electrons. The fourth-order valence-electron chi connectivity index (χ4n) is 2.40. The molecule has 0 aliphatic carbocycles. The molecule has 0 saturated carbocycles. The lowest BCUT2D eigenvalue weighted by molar-refractivity contribution is -0.147. The number of Topliss-reactive ketones (excluding diaryl/α,β-unsaturated/α-hetero) is 1. The van der Waals surface area contributed by atoms with Gasteiger partial charge in [-0.25, -0.2) is 0 Å². The number of hydrogen-bond acceptors (Lipinski definition) is 7. The predicted molar refractivity (Wildman–Crippen MR) is 73.0 cm³/mol. The number of benzene rings is 2. The minimum absolute atomic E-state index is 0.0460. The molecule has 1 atom stereocenters. The van der Waals surface area contributed by atoms with Crippen LogP contribution in [0.3, 0.4) is 0 Å². The number of phenols is 4. The van der Waals surface area contributed by atoms with Gasteiger partial charge in [0.15, 0.2) is 17.3 Å². The van der Waals surface area contributed by atoms with Crippen LogP contribution >= 0.6 is 0 Å². The van der Waals surface area contributed by atoms with E-state index in [1.165, 1.54) is 6.07 Å². The van der Waals surface area contributed by atoms with Crippen LogP contribution in [0.15, 0.2) is 30.3 Å². The molecule has 5 N–H and O–H groups in total. The van der Waals surface area contributed by atoms with E-state index in [9.17, 15) is 30.3 Å². The van der Waals surface area contributed by atoms with Gasteiger partial charge in [-0.15, -0.1) is 0 Å². The van der Waals surface area contributed by atoms with Gasteiger partial charge in [-0.3, -0.25) is 4.79 Å². The molecule has 114 valence electrons. The van der Waals surface area contributed by atoms with Crippen molar-refractivity contribution >= 4 is 5.78 Å². The Labute approximate surface area is 124 Å². The van der Waals surface area contributed by atoms with Crippen molar-refractivity contribution in [3.63, 3.8) is 0 Å². The molecule has 2 aromatic carbocycles. The van der Waals surface area contributed by atoms with Crippen molar-refractivity contribution in [2.45, 2.75) is 12.2 Å². The summed E-state index contributed by atoms with van der Waals surface area (Å²) in [6.07, 6.45) is -0.497.